The number of carbonyl (C=O) groups is 1. The van der Waals surface area contributed by atoms with Gasteiger partial charge in [-0.05, 0) is 12.1 Å². The molecule has 2 heterocycles. The standard InChI is InChI=1S/C17H21N3O3S/c1-17(23-14-6-4-3-5-13(14)22-2)20(11-12-24-17)16(21)8-7-15-18-9-10-19-15/h3-6,9-10H,7-8,11-12H2,1-2H3,(H,18,19). The van der Waals surface area contributed by atoms with E-state index in [0.717, 1.165) is 11.6 Å². The minimum atomic E-state index is -0.727. The Balaban J connectivity index is 1.70. The van der Waals surface area contributed by atoms with Gasteiger partial charge in [-0.3, -0.25) is 9.69 Å². The number of hydrogen-bond donors (Lipinski definition) is 1. The van der Waals surface area contributed by atoms with Crippen LogP contribution in [0.25, 0.3) is 0 Å². The highest BCUT2D eigenvalue weighted by Crippen LogP contribution is 2.40. The first kappa shape index (κ1) is 16.7. The number of benzene rings is 1. The van der Waals surface area contributed by atoms with Gasteiger partial charge in [-0.25, -0.2) is 4.98 Å². The van der Waals surface area contributed by atoms with Gasteiger partial charge in [-0.2, -0.15) is 0 Å². The van der Waals surface area contributed by atoms with Crippen molar-refractivity contribution in [1.29, 1.82) is 0 Å². The molecule has 1 fully saturated rings. The van der Waals surface area contributed by atoms with E-state index in [1.54, 1.807) is 36.2 Å². The van der Waals surface area contributed by atoms with E-state index in [2.05, 4.69) is 9.97 Å². The van der Waals surface area contributed by atoms with Gasteiger partial charge in [-0.15, -0.1) is 0 Å². The molecule has 1 aliphatic rings. The lowest BCUT2D eigenvalue weighted by molar-refractivity contribution is -0.139. The lowest BCUT2D eigenvalue weighted by Gasteiger charge is -2.34. The minimum Gasteiger partial charge on any atom is -0.493 e. The summed E-state index contributed by atoms with van der Waals surface area (Å²) in [7, 11) is 1.61. The van der Waals surface area contributed by atoms with Gasteiger partial charge in [0.05, 0.1) is 7.11 Å². The zero-order valence-corrected chi connectivity index (χ0v) is 14.6. The number of nitrogens with one attached hydrogen (secondary N) is 1. The van der Waals surface area contributed by atoms with Crippen molar-refractivity contribution in [3.8, 4) is 11.5 Å². The van der Waals surface area contributed by atoms with Crippen LogP contribution in [0.5, 0.6) is 11.5 Å². The van der Waals surface area contributed by atoms with Crippen LogP contribution >= 0.6 is 11.8 Å². The van der Waals surface area contributed by atoms with Crippen LogP contribution in [0.2, 0.25) is 0 Å². The number of H-pyrrole nitrogens is 1. The summed E-state index contributed by atoms with van der Waals surface area (Å²) < 4.78 is 11.5. The number of methoxy groups -OCH3 is 1. The molecule has 0 aliphatic carbocycles. The average molecular weight is 347 g/mol. The van der Waals surface area contributed by atoms with Gasteiger partial charge in [0.2, 0.25) is 11.0 Å². The maximum Gasteiger partial charge on any atom is 0.231 e. The molecule has 1 saturated heterocycles. The topological polar surface area (TPSA) is 67.5 Å². The van der Waals surface area contributed by atoms with Gasteiger partial charge in [0.25, 0.3) is 0 Å². The smallest absolute Gasteiger partial charge is 0.231 e. The molecular weight excluding hydrogens is 326 g/mol. The Labute approximate surface area is 145 Å². The summed E-state index contributed by atoms with van der Waals surface area (Å²) >= 11 is 1.62. The first-order valence-electron chi connectivity index (χ1n) is 7.87. The second-order valence-electron chi connectivity index (χ2n) is 5.58. The fraction of sp³-hybridized carbons (Fsp3) is 0.412. The SMILES string of the molecule is COc1ccccc1OC1(C)SCCN1C(=O)CCc1ncc[nH]1. The largest absolute Gasteiger partial charge is 0.493 e. The van der Waals surface area contributed by atoms with Gasteiger partial charge < -0.3 is 14.5 Å². The van der Waals surface area contributed by atoms with Gasteiger partial charge in [0, 0.05) is 44.5 Å². The Hall–Kier alpha value is -2.15. The van der Waals surface area contributed by atoms with Gasteiger partial charge >= 0.3 is 0 Å². The predicted octanol–water partition coefficient (Wildman–Crippen LogP) is 2.68. The minimum absolute atomic E-state index is 0.0637. The van der Waals surface area contributed by atoms with E-state index in [0.29, 0.717) is 30.9 Å². The first-order chi connectivity index (χ1) is 11.6. The number of aromatic amines is 1. The highest BCUT2D eigenvalue weighted by atomic mass is 32.2. The van der Waals surface area contributed by atoms with E-state index in [-0.39, 0.29) is 5.91 Å². The number of amides is 1. The van der Waals surface area contributed by atoms with Crippen LogP contribution < -0.4 is 9.47 Å². The number of imidazole rings is 1. The molecule has 1 aromatic heterocycles. The van der Waals surface area contributed by atoms with Crippen molar-refractivity contribution in [2.45, 2.75) is 24.8 Å². The van der Waals surface area contributed by atoms with Crippen LogP contribution in [-0.4, -0.2) is 45.2 Å². The van der Waals surface area contributed by atoms with Crippen LogP contribution in [0.15, 0.2) is 36.7 Å². The van der Waals surface area contributed by atoms with E-state index in [1.165, 1.54) is 0 Å². The summed E-state index contributed by atoms with van der Waals surface area (Å²) in [6.07, 6.45) is 4.46. The Bertz CT molecular complexity index is 692. The molecule has 1 aliphatic heterocycles. The molecule has 7 heteroatoms. The van der Waals surface area contributed by atoms with Crippen LogP contribution in [0.4, 0.5) is 0 Å². The molecule has 6 nitrogen and oxygen atoms in total. The molecule has 2 aromatic rings. The molecular formula is C17H21N3O3S. The molecule has 128 valence electrons. The summed E-state index contributed by atoms with van der Waals surface area (Å²) in [4.78, 5) is 21.6. The number of ether oxygens (including phenoxy) is 2. The fourth-order valence-electron chi connectivity index (χ4n) is 2.75. The summed E-state index contributed by atoms with van der Waals surface area (Å²) in [6.45, 7) is 2.61. The maximum atomic E-state index is 12.7. The maximum absolute atomic E-state index is 12.7. The highest BCUT2D eigenvalue weighted by Gasteiger charge is 2.43. The molecule has 0 spiro atoms. The number of para-hydroxylation sites is 2. The number of thioether (sulfide) groups is 1. The van der Waals surface area contributed by atoms with E-state index in [9.17, 15) is 4.79 Å². The van der Waals surface area contributed by atoms with Gasteiger partial charge in [0.1, 0.15) is 5.82 Å². The molecule has 0 radical (unpaired) electrons. The Morgan fingerprint density at radius 1 is 1.42 bits per heavy atom. The third-order valence-corrected chi connectivity index (χ3v) is 5.20. The van der Waals surface area contributed by atoms with Crippen molar-refractivity contribution >= 4 is 17.7 Å². The Morgan fingerprint density at radius 2 is 2.21 bits per heavy atom. The number of rotatable bonds is 6. The Kier molecular flexibility index (Phi) is 4.99. The highest BCUT2D eigenvalue weighted by molar-refractivity contribution is 8.00. The molecule has 3 rings (SSSR count). The lowest BCUT2D eigenvalue weighted by Crippen LogP contribution is -2.47. The van der Waals surface area contributed by atoms with Crippen LogP contribution in [0.1, 0.15) is 19.2 Å². The van der Waals surface area contributed by atoms with Gasteiger partial charge in [-0.1, -0.05) is 23.9 Å². The summed E-state index contributed by atoms with van der Waals surface area (Å²) in [5.41, 5.74) is 0. The molecule has 1 N–H and O–H groups in total. The van der Waals surface area contributed by atoms with Crippen LogP contribution in [0.3, 0.4) is 0 Å². The van der Waals surface area contributed by atoms with Crippen molar-refractivity contribution in [2.75, 3.05) is 19.4 Å². The normalized spacial score (nSPS) is 20.2. The number of carbonyl (C=O) groups excluding carboxylic acids is 1. The van der Waals surface area contributed by atoms with Crippen molar-refractivity contribution in [2.24, 2.45) is 0 Å². The number of aryl methyl sites for hydroxylation is 1. The monoisotopic (exact) mass is 347 g/mol. The van der Waals surface area contributed by atoms with E-state index < -0.39 is 5.06 Å². The van der Waals surface area contributed by atoms with Gasteiger partial charge in [0.15, 0.2) is 11.5 Å². The second-order valence-corrected chi connectivity index (χ2v) is 7.03. The molecule has 1 atom stereocenters. The second kappa shape index (κ2) is 7.17. The third kappa shape index (κ3) is 3.51. The van der Waals surface area contributed by atoms with Crippen molar-refractivity contribution in [1.82, 2.24) is 14.9 Å². The average Bonchev–Trinajstić information content (AvgIpc) is 3.23. The predicted molar refractivity (Wildman–Crippen MR) is 93.1 cm³/mol. The number of hydrogen-bond acceptors (Lipinski definition) is 5. The van der Waals surface area contributed by atoms with Crippen LogP contribution in [0, 0.1) is 0 Å². The molecule has 1 amide bonds. The molecule has 0 bridgehead atoms. The fourth-order valence-corrected chi connectivity index (χ4v) is 3.90. The van der Waals surface area contributed by atoms with Crippen LogP contribution in [-0.2, 0) is 11.2 Å². The zero-order valence-electron chi connectivity index (χ0n) is 13.8. The molecule has 0 saturated carbocycles. The number of nitrogens with zero attached hydrogens (tertiary/aromatic N) is 2. The summed E-state index contributed by atoms with van der Waals surface area (Å²) in [6, 6.07) is 7.49. The van der Waals surface area contributed by atoms with E-state index >= 15 is 0 Å². The first-order valence-corrected chi connectivity index (χ1v) is 8.85. The third-order valence-electron chi connectivity index (χ3n) is 3.98. The van der Waals surface area contributed by atoms with Crippen molar-refractivity contribution in [3.63, 3.8) is 0 Å². The van der Waals surface area contributed by atoms with Crippen molar-refractivity contribution in [3.05, 3.63) is 42.5 Å². The Morgan fingerprint density at radius 3 is 2.92 bits per heavy atom. The lowest BCUT2D eigenvalue weighted by atomic mass is 10.2. The summed E-state index contributed by atoms with van der Waals surface area (Å²) in [5, 5.41) is -0.727. The molecule has 1 unspecified atom stereocenters. The molecule has 1 aromatic carbocycles. The number of aromatic nitrogens is 2. The van der Waals surface area contributed by atoms with E-state index in [4.69, 9.17) is 9.47 Å². The van der Waals surface area contributed by atoms with E-state index in [1.807, 2.05) is 31.2 Å². The summed E-state index contributed by atoms with van der Waals surface area (Å²) in [5.74, 6) is 3.03. The molecule has 24 heavy (non-hydrogen) atoms. The quantitative estimate of drug-likeness (QED) is 0.870. The van der Waals surface area contributed by atoms with Crippen molar-refractivity contribution < 1.29 is 14.3 Å². The zero-order chi connectivity index (χ0) is 17.0.